The maximum absolute atomic E-state index is 9.83. The Morgan fingerprint density at radius 1 is 1.33 bits per heavy atom. The van der Waals surface area contributed by atoms with E-state index in [2.05, 4.69) is 4.74 Å². The maximum atomic E-state index is 9.83. The van der Waals surface area contributed by atoms with Crippen molar-refractivity contribution in [3.63, 3.8) is 0 Å². The predicted molar refractivity (Wildman–Crippen MR) is 48.9 cm³/mol. The van der Waals surface area contributed by atoms with Crippen molar-refractivity contribution in [2.24, 2.45) is 0 Å². The van der Waals surface area contributed by atoms with E-state index < -0.39 is 8.60 Å². The molecular formula is C8H8KO5P. The third-order valence-electron chi connectivity index (χ3n) is 1.44. The molecule has 76 valence electrons. The molecule has 0 radical (unpaired) electrons. The Balaban J connectivity index is 0.00000196. The molecule has 0 bridgehead atoms. The SMILES string of the molecule is O=[C-]OCc1ccccc1OP(O)O.[K+]. The first-order chi connectivity index (χ1) is 6.74. The molecule has 5 nitrogen and oxygen atoms in total. The van der Waals surface area contributed by atoms with Crippen molar-refractivity contribution in [3.05, 3.63) is 29.8 Å². The molecule has 0 saturated carbocycles. The van der Waals surface area contributed by atoms with Crippen molar-refractivity contribution in [2.45, 2.75) is 6.61 Å². The molecule has 0 aliphatic carbocycles. The van der Waals surface area contributed by atoms with Crippen LogP contribution >= 0.6 is 8.60 Å². The minimum Gasteiger partial charge on any atom is -0.650 e. The molecule has 0 amide bonds. The summed E-state index contributed by atoms with van der Waals surface area (Å²) in [5.74, 6) is 0.277. The van der Waals surface area contributed by atoms with E-state index in [0.717, 1.165) is 0 Å². The molecule has 2 N–H and O–H groups in total. The molecule has 1 rings (SSSR count). The molecule has 1 aromatic carbocycles. The number of hydrogen-bond donors (Lipinski definition) is 2. The average molecular weight is 254 g/mol. The summed E-state index contributed by atoms with van der Waals surface area (Å²) in [6.07, 6.45) is 0. The summed E-state index contributed by atoms with van der Waals surface area (Å²) in [5.41, 5.74) is 0.548. The van der Waals surface area contributed by atoms with Gasteiger partial charge >= 0.3 is 60.0 Å². The molecule has 0 unspecified atom stereocenters. The normalized spacial score (nSPS) is 9.27. The van der Waals surface area contributed by atoms with Crippen molar-refractivity contribution in [1.82, 2.24) is 0 Å². The molecule has 15 heavy (non-hydrogen) atoms. The first-order valence-corrected chi connectivity index (χ1v) is 4.83. The van der Waals surface area contributed by atoms with E-state index in [9.17, 15) is 4.79 Å². The molecule has 0 fully saturated rings. The van der Waals surface area contributed by atoms with Gasteiger partial charge in [0.25, 0.3) is 0 Å². The summed E-state index contributed by atoms with van der Waals surface area (Å²) in [6, 6.07) is 6.58. The van der Waals surface area contributed by atoms with Gasteiger partial charge in [-0.2, -0.15) is 0 Å². The smallest absolute Gasteiger partial charge is 0.650 e. The zero-order valence-corrected chi connectivity index (χ0v) is 12.1. The van der Waals surface area contributed by atoms with E-state index in [4.69, 9.17) is 14.3 Å². The van der Waals surface area contributed by atoms with E-state index in [0.29, 0.717) is 5.56 Å². The van der Waals surface area contributed by atoms with Gasteiger partial charge in [-0.25, -0.2) is 0 Å². The minimum atomic E-state index is -2.46. The van der Waals surface area contributed by atoms with Crippen LogP contribution in [0.1, 0.15) is 5.56 Å². The van der Waals surface area contributed by atoms with Gasteiger partial charge in [-0.3, -0.25) is 0 Å². The summed E-state index contributed by atoms with van der Waals surface area (Å²) >= 11 is 0. The van der Waals surface area contributed by atoms with E-state index in [-0.39, 0.29) is 63.7 Å². The van der Waals surface area contributed by atoms with Gasteiger partial charge in [0.05, 0.1) is 6.61 Å². The Morgan fingerprint density at radius 2 is 2.00 bits per heavy atom. The molecule has 7 heteroatoms. The number of benzene rings is 1. The van der Waals surface area contributed by atoms with Crippen LogP contribution in [-0.4, -0.2) is 16.3 Å². The standard InChI is InChI=1S/C8H8O5P.K/c9-6-12-5-7-3-1-2-4-8(7)13-14(10)11;/h1-4,10-11H,5H2;/q-1;+1. The fraction of sp³-hybridized carbons (Fsp3) is 0.125. The Kier molecular flexibility index (Phi) is 8.88. The van der Waals surface area contributed by atoms with Crippen molar-refractivity contribution in [3.8, 4) is 5.75 Å². The second-order valence-electron chi connectivity index (χ2n) is 2.32. The van der Waals surface area contributed by atoms with E-state index in [1.54, 1.807) is 24.3 Å². The molecule has 0 heterocycles. The van der Waals surface area contributed by atoms with Crippen LogP contribution in [0.25, 0.3) is 0 Å². The van der Waals surface area contributed by atoms with E-state index >= 15 is 0 Å². The van der Waals surface area contributed by atoms with E-state index in [1.807, 2.05) is 0 Å². The Hall–Kier alpha value is 0.476. The van der Waals surface area contributed by atoms with Crippen molar-refractivity contribution < 1.29 is 75.2 Å². The maximum Gasteiger partial charge on any atom is 1.00 e. The summed E-state index contributed by atoms with van der Waals surface area (Å²) in [4.78, 5) is 27.1. The molecule has 1 aromatic rings. The van der Waals surface area contributed by atoms with Crippen molar-refractivity contribution in [2.75, 3.05) is 0 Å². The molecule has 0 aliphatic heterocycles. The van der Waals surface area contributed by atoms with E-state index in [1.165, 1.54) is 6.47 Å². The molecule has 0 atom stereocenters. The van der Waals surface area contributed by atoms with Gasteiger partial charge < -0.3 is 23.8 Å². The van der Waals surface area contributed by atoms with Crippen LogP contribution in [0.5, 0.6) is 5.75 Å². The Labute approximate surface area is 131 Å². The summed E-state index contributed by atoms with van der Waals surface area (Å²) in [5, 5.41) is 0. The van der Waals surface area contributed by atoms with Gasteiger partial charge in [0.15, 0.2) is 0 Å². The topological polar surface area (TPSA) is 76.0 Å². The summed E-state index contributed by atoms with van der Waals surface area (Å²) in [6.45, 7) is 1.26. The average Bonchev–Trinajstić information content (AvgIpc) is 2.16. The fourth-order valence-electron chi connectivity index (χ4n) is 0.907. The number of ether oxygens (including phenoxy) is 1. The predicted octanol–water partition coefficient (Wildman–Crippen LogP) is -2.14. The van der Waals surface area contributed by atoms with Gasteiger partial charge in [0.2, 0.25) is 0 Å². The van der Waals surface area contributed by atoms with Gasteiger partial charge in [-0.15, -0.1) is 0 Å². The number of rotatable bonds is 5. The van der Waals surface area contributed by atoms with Crippen LogP contribution in [0.15, 0.2) is 24.3 Å². The van der Waals surface area contributed by atoms with Crippen LogP contribution in [0.2, 0.25) is 0 Å². The van der Waals surface area contributed by atoms with Gasteiger partial charge in [0, 0.05) is 5.56 Å². The van der Waals surface area contributed by atoms with Crippen LogP contribution in [0, 0.1) is 0 Å². The summed E-state index contributed by atoms with van der Waals surface area (Å²) in [7, 11) is -2.46. The number of para-hydroxylation sites is 1. The molecular weight excluding hydrogens is 246 g/mol. The second-order valence-corrected chi connectivity index (χ2v) is 3.01. The van der Waals surface area contributed by atoms with Crippen LogP contribution in [0.4, 0.5) is 0 Å². The zero-order chi connectivity index (χ0) is 10.4. The number of carbonyl (C=O) groups excluding carboxylic acids is 1. The van der Waals surface area contributed by atoms with Crippen LogP contribution in [0.3, 0.4) is 0 Å². The quantitative estimate of drug-likeness (QED) is 0.356. The monoisotopic (exact) mass is 254 g/mol. The van der Waals surface area contributed by atoms with Gasteiger partial charge in [-0.1, -0.05) is 24.7 Å². The minimum absolute atomic E-state index is 0. The molecule has 0 aromatic heterocycles. The first kappa shape index (κ1) is 15.5. The van der Waals surface area contributed by atoms with Gasteiger partial charge in [-0.05, 0) is 6.07 Å². The Bertz CT molecular complexity index is 307. The zero-order valence-electron chi connectivity index (χ0n) is 8.08. The molecule has 0 spiro atoms. The first-order valence-electron chi connectivity index (χ1n) is 3.66. The third-order valence-corrected chi connectivity index (χ3v) is 1.80. The summed E-state index contributed by atoms with van der Waals surface area (Å²) < 4.78 is 9.11. The Morgan fingerprint density at radius 3 is 2.60 bits per heavy atom. The fourth-order valence-corrected chi connectivity index (χ4v) is 1.26. The van der Waals surface area contributed by atoms with Gasteiger partial charge in [0.1, 0.15) is 5.75 Å². The molecule has 0 aliphatic rings. The molecule has 0 saturated heterocycles. The van der Waals surface area contributed by atoms with Crippen LogP contribution < -0.4 is 55.9 Å². The second kappa shape index (κ2) is 8.61. The van der Waals surface area contributed by atoms with Crippen molar-refractivity contribution in [1.29, 1.82) is 0 Å². The number of hydrogen-bond acceptors (Lipinski definition) is 5. The van der Waals surface area contributed by atoms with Crippen molar-refractivity contribution >= 4 is 15.1 Å². The third kappa shape index (κ3) is 5.94. The largest absolute Gasteiger partial charge is 1.00 e. The van der Waals surface area contributed by atoms with Crippen LogP contribution in [-0.2, 0) is 16.1 Å².